The summed E-state index contributed by atoms with van der Waals surface area (Å²) >= 11 is 0. The summed E-state index contributed by atoms with van der Waals surface area (Å²) in [6, 6.07) is 0. The van der Waals surface area contributed by atoms with Crippen LogP contribution in [-0.4, -0.2) is 70.6 Å². The van der Waals surface area contributed by atoms with Crippen LogP contribution < -0.4 is 5.32 Å². The molecule has 1 aliphatic carbocycles. The van der Waals surface area contributed by atoms with E-state index in [1.165, 1.54) is 20.8 Å². The molecule has 0 aromatic rings. The monoisotopic (exact) mass is 436 g/mol. The van der Waals surface area contributed by atoms with Gasteiger partial charge in [0.05, 0.1) is 25.0 Å². The van der Waals surface area contributed by atoms with Crippen LogP contribution in [0.1, 0.15) is 59.3 Å². The molecule has 12 nitrogen and oxygen atoms in total. The lowest BCUT2D eigenvalue weighted by Gasteiger charge is -2.36. The van der Waals surface area contributed by atoms with Crippen molar-refractivity contribution >= 4 is 18.0 Å². The van der Waals surface area contributed by atoms with E-state index < -0.39 is 40.7 Å². The Morgan fingerprint density at radius 3 is 2.30 bits per heavy atom. The fraction of sp³-hybridized carbons (Fsp3) is 0.833. The zero-order chi connectivity index (χ0) is 22.8. The van der Waals surface area contributed by atoms with Crippen molar-refractivity contribution in [3.63, 3.8) is 0 Å². The number of esters is 1. The molecule has 1 rings (SSSR count). The molecule has 1 atom stereocenters. The molecule has 0 aliphatic heterocycles. The Balaban J connectivity index is 2.43. The highest BCUT2D eigenvalue weighted by Crippen LogP contribution is 2.38. The van der Waals surface area contributed by atoms with Crippen LogP contribution in [0.5, 0.6) is 0 Å². The summed E-state index contributed by atoms with van der Waals surface area (Å²) in [5.41, 5.74) is -1.90. The van der Waals surface area contributed by atoms with Crippen molar-refractivity contribution in [1.82, 2.24) is 10.7 Å². The lowest BCUT2D eigenvalue weighted by Crippen LogP contribution is -2.43. The predicted octanol–water partition coefficient (Wildman–Crippen LogP) is 1.83. The number of hydrogen-bond acceptors (Lipinski definition) is 10. The van der Waals surface area contributed by atoms with Crippen LogP contribution in [0.25, 0.3) is 0 Å². The third-order valence-corrected chi connectivity index (χ3v) is 4.84. The van der Waals surface area contributed by atoms with Crippen LogP contribution in [0.3, 0.4) is 0 Å². The number of nitrogens with zero attached hydrogens (tertiary/aromatic N) is 1. The van der Waals surface area contributed by atoms with Gasteiger partial charge in [-0.15, -0.1) is 0 Å². The van der Waals surface area contributed by atoms with Gasteiger partial charge in [0.2, 0.25) is 6.29 Å². The molecule has 1 amide bonds. The molecule has 0 aromatic carbocycles. The minimum Gasteiger partial charge on any atom is -0.481 e. The van der Waals surface area contributed by atoms with E-state index in [-0.39, 0.29) is 26.2 Å². The van der Waals surface area contributed by atoms with Gasteiger partial charge in [0.15, 0.2) is 5.60 Å². The van der Waals surface area contributed by atoms with Gasteiger partial charge in [0, 0.05) is 13.5 Å². The minimum atomic E-state index is -1.40. The maximum Gasteiger partial charge on any atom is 0.410 e. The lowest BCUT2D eigenvalue weighted by molar-refractivity contribution is -0.493. The van der Waals surface area contributed by atoms with Gasteiger partial charge in [-0.25, -0.2) is 14.4 Å². The molecule has 1 fully saturated rings. The third kappa shape index (κ3) is 9.67. The first-order valence-electron chi connectivity index (χ1n) is 9.78. The van der Waals surface area contributed by atoms with Crippen LogP contribution >= 0.6 is 0 Å². The molecule has 0 bridgehead atoms. The number of rotatable bonds is 12. The highest BCUT2D eigenvalue weighted by atomic mass is 17.1. The molecule has 4 N–H and O–H groups in total. The van der Waals surface area contributed by atoms with Gasteiger partial charge in [-0.3, -0.25) is 15.2 Å². The Labute approximate surface area is 174 Å². The molecule has 174 valence electrons. The van der Waals surface area contributed by atoms with Crippen LogP contribution in [0, 0.1) is 5.41 Å². The van der Waals surface area contributed by atoms with Crippen LogP contribution in [0.15, 0.2) is 0 Å². The molecule has 1 saturated carbocycles. The van der Waals surface area contributed by atoms with E-state index in [1.807, 2.05) is 0 Å². The van der Waals surface area contributed by atoms with E-state index in [9.17, 15) is 19.5 Å². The van der Waals surface area contributed by atoms with Crippen molar-refractivity contribution in [3.8, 4) is 0 Å². The average Bonchev–Trinajstić information content (AvgIpc) is 2.63. The quantitative estimate of drug-likeness (QED) is 0.153. The van der Waals surface area contributed by atoms with Crippen LogP contribution in [0.2, 0.25) is 0 Å². The second-order valence-electron chi connectivity index (χ2n) is 7.81. The SMILES string of the molecule is CC(OC(=O)NCC1(CC(=O)O)CCCCC1)OC(=O)C(C)(C)OCCON(O)O. The van der Waals surface area contributed by atoms with E-state index in [0.29, 0.717) is 12.8 Å². The van der Waals surface area contributed by atoms with E-state index in [2.05, 4.69) is 10.2 Å². The molecule has 0 saturated heterocycles. The van der Waals surface area contributed by atoms with Crippen LogP contribution in [0.4, 0.5) is 4.79 Å². The number of carboxylic acids is 1. The van der Waals surface area contributed by atoms with Gasteiger partial charge in [-0.2, -0.15) is 0 Å². The van der Waals surface area contributed by atoms with Crippen molar-refractivity contribution < 1.29 is 49.0 Å². The number of carbonyl (C=O) groups is 3. The van der Waals surface area contributed by atoms with Gasteiger partial charge in [-0.05, 0) is 32.1 Å². The number of alkyl carbamates (subject to hydrolysis) is 1. The van der Waals surface area contributed by atoms with Gasteiger partial charge in [-0.1, -0.05) is 19.3 Å². The highest BCUT2D eigenvalue weighted by molar-refractivity contribution is 5.78. The van der Waals surface area contributed by atoms with Crippen molar-refractivity contribution in [2.75, 3.05) is 19.8 Å². The highest BCUT2D eigenvalue weighted by Gasteiger charge is 2.36. The molecule has 0 heterocycles. The van der Waals surface area contributed by atoms with Gasteiger partial charge < -0.3 is 24.6 Å². The summed E-state index contributed by atoms with van der Waals surface area (Å²) in [6.07, 6.45) is 2.23. The van der Waals surface area contributed by atoms with Crippen molar-refractivity contribution in [2.45, 2.75) is 71.2 Å². The molecule has 0 spiro atoms. The first-order valence-corrected chi connectivity index (χ1v) is 9.78. The first kappa shape index (κ1) is 26.0. The molecule has 12 heteroatoms. The Hall–Kier alpha value is -1.99. The molecule has 1 aliphatic rings. The number of carbonyl (C=O) groups excluding carboxylic acids is 2. The number of aliphatic carboxylic acids is 1. The molecular formula is C18H32N2O10. The Morgan fingerprint density at radius 1 is 1.10 bits per heavy atom. The largest absolute Gasteiger partial charge is 0.481 e. The zero-order valence-electron chi connectivity index (χ0n) is 17.6. The first-order chi connectivity index (χ1) is 14.0. The molecule has 0 radical (unpaired) electrons. The summed E-state index contributed by atoms with van der Waals surface area (Å²) in [5.74, 6) is -1.71. The maximum absolute atomic E-state index is 12.2. The summed E-state index contributed by atoms with van der Waals surface area (Å²) in [4.78, 5) is 39.7. The van der Waals surface area contributed by atoms with Crippen molar-refractivity contribution in [2.24, 2.45) is 5.41 Å². The average molecular weight is 436 g/mol. The molecule has 0 aromatic heterocycles. The smallest absolute Gasteiger partial charge is 0.410 e. The summed E-state index contributed by atoms with van der Waals surface area (Å²) in [7, 11) is 0. The number of ether oxygens (including phenoxy) is 3. The van der Waals surface area contributed by atoms with Crippen molar-refractivity contribution in [3.05, 3.63) is 0 Å². The Bertz CT molecular complexity index is 575. The van der Waals surface area contributed by atoms with E-state index >= 15 is 0 Å². The van der Waals surface area contributed by atoms with E-state index in [4.69, 9.17) is 24.6 Å². The van der Waals surface area contributed by atoms with Crippen LogP contribution in [-0.2, 0) is 28.6 Å². The van der Waals surface area contributed by atoms with Gasteiger partial charge in [0.25, 0.3) is 0 Å². The summed E-state index contributed by atoms with van der Waals surface area (Å²) in [5, 5.41) is 28.1. The molecule has 30 heavy (non-hydrogen) atoms. The maximum atomic E-state index is 12.2. The molecule has 1 unspecified atom stereocenters. The second-order valence-corrected chi connectivity index (χ2v) is 7.81. The topological polar surface area (TPSA) is 164 Å². The fourth-order valence-electron chi connectivity index (χ4n) is 3.28. The second kappa shape index (κ2) is 12.0. The number of hydrogen-bond donors (Lipinski definition) is 4. The third-order valence-electron chi connectivity index (χ3n) is 4.84. The normalized spacial score (nSPS) is 17.3. The minimum absolute atomic E-state index is 0.0304. The standard InChI is InChI=1S/C18H32N2O10/c1-13(29-15(23)17(2,3)27-9-10-28-20(25)26)30-16(24)19-12-18(11-14(21)22)7-5-4-6-8-18/h13,25-26H,4-12H2,1-3H3,(H,19,24)(H,21,22). The van der Waals surface area contributed by atoms with Crippen molar-refractivity contribution in [1.29, 1.82) is 0 Å². The summed E-state index contributed by atoms with van der Waals surface area (Å²) < 4.78 is 15.3. The fourth-order valence-corrected chi connectivity index (χ4v) is 3.28. The van der Waals surface area contributed by atoms with Gasteiger partial charge in [0.1, 0.15) is 0 Å². The Kier molecular flexibility index (Phi) is 10.4. The number of amides is 1. The number of carboxylic acid groups (broad SMARTS) is 1. The molecular weight excluding hydrogens is 404 g/mol. The summed E-state index contributed by atoms with van der Waals surface area (Å²) in [6.45, 7) is 4.02. The van der Waals surface area contributed by atoms with E-state index in [1.54, 1.807) is 0 Å². The van der Waals surface area contributed by atoms with E-state index in [0.717, 1.165) is 19.3 Å². The predicted molar refractivity (Wildman–Crippen MR) is 99.2 cm³/mol. The lowest BCUT2D eigenvalue weighted by atomic mass is 9.72. The van der Waals surface area contributed by atoms with Gasteiger partial charge >= 0.3 is 18.0 Å². The number of nitrogens with one attached hydrogen (secondary N) is 1. The Morgan fingerprint density at radius 2 is 1.73 bits per heavy atom. The zero-order valence-corrected chi connectivity index (χ0v) is 17.6.